The van der Waals surface area contributed by atoms with E-state index >= 15 is 0 Å². The SMILES string of the molecule is CSCCC(N)C(=O)NC(Cc1ccccc1)C(=O)NC(CC(=O)O)C(=O)NC(CCC(N)=O)C(=O)O. The quantitative estimate of drug-likeness (QED) is 0.122. The van der Waals surface area contributed by atoms with Gasteiger partial charge < -0.3 is 37.6 Å². The Morgan fingerprint density at radius 3 is 1.97 bits per heavy atom. The zero-order valence-electron chi connectivity index (χ0n) is 20.3. The Labute approximate surface area is 218 Å². The second kappa shape index (κ2) is 16.2. The molecule has 0 radical (unpaired) electrons. The molecule has 0 spiro atoms. The van der Waals surface area contributed by atoms with Gasteiger partial charge in [-0.05, 0) is 30.4 Å². The zero-order chi connectivity index (χ0) is 28.0. The topological polar surface area (TPSA) is 231 Å². The van der Waals surface area contributed by atoms with E-state index in [4.69, 9.17) is 11.5 Å². The van der Waals surface area contributed by atoms with Crippen molar-refractivity contribution in [2.45, 2.75) is 56.3 Å². The number of primary amides is 1. The maximum Gasteiger partial charge on any atom is 0.326 e. The highest BCUT2D eigenvalue weighted by molar-refractivity contribution is 7.98. The third-order valence-electron chi connectivity index (χ3n) is 5.19. The molecule has 0 aliphatic heterocycles. The number of hydrogen-bond donors (Lipinski definition) is 7. The fourth-order valence-electron chi connectivity index (χ4n) is 3.19. The summed E-state index contributed by atoms with van der Waals surface area (Å²) in [5.74, 6) is -5.62. The summed E-state index contributed by atoms with van der Waals surface area (Å²) in [5, 5.41) is 25.5. The Bertz CT molecular complexity index is 962. The van der Waals surface area contributed by atoms with E-state index < -0.39 is 66.2 Å². The van der Waals surface area contributed by atoms with Crippen molar-refractivity contribution in [3.63, 3.8) is 0 Å². The molecule has 1 rings (SSSR count). The van der Waals surface area contributed by atoms with Crippen LogP contribution in [0.5, 0.6) is 0 Å². The molecule has 4 atom stereocenters. The normalized spacial score (nSPS) is 13.9. The number of hydrogen-bond acceptors (Lipinski definition) is 8. The molecule has 0 heterocycles. The maximum absolute atomic E-state index is 13.1. The van der Waals surface area contributed by atoms with Gasteiger partial charge in [-0.15, -0.1) is 0 Å². The van der Waals surface area contributed by atoms with E-state index in [2.05, 4.69) is 16.0 Å². The monoisotopic (exact) mass is 539 g/mol. The molecule has 0 bridgehead atoms. The van der Waals surface area contributed by atoms with Crippen molar-refractivity contribution in [3.8, 4) is 0 Å². The first kappa shape index (κ1) is 31.4. The summed E-state index contributed by atoms with van der Waals surface area (Å²) in [7, 11) is 0. The van der Waals surface area contributed by atoms with E-state index in [-0.39, 0.29) is 19.3 Å². The van der Waals surface area contributed by atoms with Gasteiger partial charge in [0.2, 0.25) is 23.6 Å². The van der Waals surface area contributed by atoms with Crippen LogP contribution < -0.4 is 27.4 Å². The molecule has 9 N–H and O–H groups in total. The Kier molecular flexibility index (Phi) is 13.7. The number of aliphatic carboxylic acids is 2. The molecule has 14 heteroatoms. The number of carboxylic acids is 2. The van der Waals surface area contributed by atoms with E-state index in [1.807, 2.05) is 6.26 Å². The third kappa shape index (κ3) is 12.2. The highest BCUT2D eigenvalue weighted by atomic mass is 32.2. The molecule has 0 aliphatic rings. The van der Waals surface area contributed by atoms with Gasteiger partial charge in [0.25, 0.3) is 0 Å². The second-order valence-electron chi connectivity index (χ2n) is 8.20. The number of carbonyl (C=O) groups is 6. The van der Waals surface area contributed by atoms with Crippen LogP contribution in [0.4, 0.5) is 0 Å². The van der Waals surface area contributed by atoms with Crippen LogP contribution in [0.2, 0.25) is 0 Å². The minimum Gasteiger partial charge on any atom is -0.481 e. The van der Waals surface area contributed by atoms with Crippen LogP contribution >= 0.6 is 11.8 Å². The molecule has 204 valence electrons. The second-order valence-corrected chi connectivity index (χ2v) is 9.19. The number of rotatable bonds is 17. The summed E-state index contributed by atoms with van der Waals surface area (Å²) >= 11 is 1.50. The standard InChI is InChI=1S/C23H33N5O8S/c1-37-10-9-14(24)20(32)27-16(11-13-5-3-2-4-6-13)21(33)28-17(12-19(30)31)22(34)26-15(23(35)36)7-8-18(25)29/h2-6,14-17H,7-12,24H2,1H3,(H2,25,29)(H,26,34)(H,27,32)(H,28,33)(H,30,31)(H,35,36). The summed E-state index contributed by atoms with van der Waals surface area (Å²) < 4.78 is 0. The van der Waals surface area contributed by atoms with Gasteiger partial charge in [-0.1, -0.05) is 30.3 Å². The van der Waals surface area contributed by atoms with Crippen molar-refractivity contribution >= 4 is 47.3 Å². The van der Waals surface area contributed by atoms with Crippen LogP contribution in [0.15, 0.2) is 30.3 Å². The number of thioether (sulfide) groups is 1. The largest absolute Gasteiger partial charge is 0.481 e. The number of carbonyl (C=O) groups excluding carboxylic acids is 4. The molecule has 37 heavy (non-hydrogen) atoms. The van der Waals surface area contributed by atoms with Gasteiger partial charge in [-0.3, -0.25) is 24.0 Å². The molecular weight excluding hydrogens is 506 g/mol. The van der Waals surface area contributed by atoms with Crippen molar-refractivity contribution in [2.75, 3.05) is 12.0 Å². The van der Waals surface area contributed by atoms with E-state index in [0.29, 0.717) is 17.7 Å². The molecule has 4 unspecified atom stereocenters. The summed E-state index contributed by atoms with van der Waals surface area (Å²) in [6.45, 7) is 0. The van der Waals surface area contributed by atoms with E-state index in [0.717, 1.165) is 0 Å². The van der Waals surface area contributed by atoms with Crippen molar-refractivity contribution in [2.24, 2.45) is 11.5 Å². The minimum absolute atomic E-state index is 0.0193. The Morgan fingerprint density at radius 1 is 0.865 bits per heavy atom. The van der Waals surface area contributed by atoms with Gasteiger partial charge in [0.15, 0.2) is 0 Å². The summed E-state index contributed by atoms with van der Waals surface area (Å²) in [6, 6.07) is 3.37. The molecule has 0 fully saturated rings. The van der Waals surface area contributed by atoms with Gasteiger partial charge in [0, 0.05) is 12.8 Å². The van der Waals surface area contributed by atoms with Crippen molar-refractivity contribution in [3.05, 3.63) is 35.9 Å². The van der Waals surface area contributed by atoms with Crippen molar-refractivity contribution in [1.82, 2.24) is 16.0 Å². The van der Waals surface area contributed by atoms with Crippen LogP contribution in [0.1, 0.15) is 31.2 Å². The Morgan fingerprint density at radius 2 is 1.43 bits per heavy atom. The highest BCUT2D eigenvalue weighted by Gasteiger charge is 2.31. The van der Waals surface area contributed by atoms with Gasteiger partial charge in [0.05, 0.1) is 12.5 Å². The lowest BCUT2D eigenvalue weighted by Crippen LogP contribution is -2.58. The number of benzene rings is 1. The lowest BCUT2D eigenvalue weighted by Gasteiger charge is -2.24. The maximum atomic E-state index is 13.1. The third-order valence-corrected chi connectivity index (χ3v) is 5.84. The first-order valence-corrected chi connectivity index (χ1v) is 12.8. The molecule has 1 aromatic carbocycles. The van der Waals surface area contributed by atoms with Crippen LogP contribution in [0.3, 0.4) is 0 Å². The average molecular weight is 540 g/mol. The average Bonchev–Trinajstić information content (AvgIpc) is 2.83. The van der Waals surface area contributed by atoms with E-state index in [1.54, 1.807) is 30.3 Å². The minimum atomic E-state index is -1.67. The first-order chi connectivity index (χ1) is 17.4. The van der Waals surface area contributed by atoms with Gasteiger partial charge in [0.1, 0.15) is 18.1 Å². The van der Waals surface area contributed by atoms with Gasteiger partial charge >= 0.3 is 11.9 Å². The molecule has 0 aromatic heterocycles. The summed E-state index contributed by atoms with van der Waals surface area (Å²) in [4.78, 5) is 72.3. The van der Waals surface area contributed by atoms with Gasteiger partial charge in [-0.2, -0.15) is 11.8 Å². The lowest BCUT2D eigenvalue weighted by atomic mass is 10.0. The van der Waals surface area contributed by atoms with E-state index in [1.165, 1.54) is 11.8 Å². The number of amides is 4. The smallest absolute Gasteiger partial charge is 0.326 e. The van der Waals surface area contributed by atoms with Crippen LogP contribution in [-0.4, -0.2) is 82.0 Å². The molecular formula is C23H33N5O8S. The molecule has 0 aliphatic carbocycles. The predicted octanol–water partition coefficient (Wildman–Crippen LogP) is -1.41. The molecule has 4 amide bonds. The zero-order valence-corrected chi connectivity index (χ0v) is 21.2. The molecule has 13 nitrogen and oxygen atoms in total. The predicted molar refractivity (Wildman–Crippen MR) is 135 cm³/mol. The summed E-state index contributed by atoms with van der Waals surface area (Å²) in [6.07, 6.45) is 0.704. The van der Waals surface area contributed by atoms with Crippen LogP contribution in [-0.2, 0) is 35.2 Å². The number of carboxylic acid groups (broad SMARTS) is 2. The molecule has 1 aromatic rings. The fourth-order valence-corrected chi connectivity index (χ4v) is 3.68. The van der Waals surface area contributed by atoms with E-state index in [9.17, 15) is 39.0 Å². The van der Waals surface area contributed by atoms with Crippen LogP contribution in [0.25, 0.3) is 0 Å². The molecule has 0 saturated heterocycles. The van der Waals surface area contributed by atoms with Gasteiger partial charge in [-0.25, -0.2) is 4.79 Å². The summed E-state index contributed by atoms with van der Waals surface area (Å²) in [5.41, 5.74) is 11.6. The highest BCUT2D eigenvalue weighted by Crippen LogP contribution is 2.07. The fraction of sp³-hybridized carbons (Fsp3) is 0.478. The van der Waals surface area contributed by atoms with Crippen molar-refractivity contribution in [1.29, 1.82) is 0 Å². The molecule has 0 saturated carbocycles. The van der Waals surface area contributed by atoms with Crippen molar-refractivity contribution < 1.29 is 39.0 Å². The Balaban J connectivity index is 3.08. The van der Waals surface area contributed by atoms with Crippen LogP contribution in [0, 0.1) is 0 Å². The number of nitrogens with one attached hydrogen (secondary N) is 3. The Hall–Kier alpha value is -3.65. The first-order valence-electron chi connectivity index (χ1n) is 11.4. The lowest BCUT2D eigenvalue weighted by molar-refractivity contribution is -0.143. The number of nitrogens with two attached hydrogens (primary N) is 2.